The summed E-state index contributed by atoms with van der Waals surface area (Å²) in [5, 5.41) is 2.92. The lowest BCUT2D eigenvalue weighted by atomic mass is 10.0. The molecule has 0 bridgehead atoms. The molecule has 2 N–H and O–H groups in total. The number of piperidine rings is 1. The first kappa shape index (κ1) is 18.1. The van der Waals surface area contributed by atoms with Crippen molar-refractivity contribution in [3.63, 3.8) is 0 Å². The molecule has 0 radical (unpaired) electrons. The highest BCUT2D eigenvalue weighted by atomic mass is 32.2. The highest BCUT2D eigenvalue weighted by molar-refractivity contribution is 7.92. The zero-order valence-electron chi connectivity index (χ0n) is 13.6. The van der Waals surface area contributed by atoms with Gasteiger partial charge in [0.15, 0.2) is 0 Å². The molecule has 0 aromatic heterocycles. The van der Waals surface area contributed by atoms with E-state index < -0.39 is 10.0 Å². The predicted molar refractivity (Wildman–Crippen MR) is 89.4 cm³/mol. The van der Waals surface area contributed by atoms with Gasteiger partial charge in [0, 0.05) is 30.4 Å². The van der Waals surface area contributed by atoms with E-state index in [-0.39, 0.29) is 18.0 Å². The molecule has 1 aromatic rings. The van der Waals surface area contributed by atoms with Crippen molar-refractivity contribution >= 4 is 27.7 Å². The zero-order valence-corrected chi connectivity index (χ0v) is 14.4. The van der Waals surface area contributed by atoms with E-state index in [2.05, 4.69) is 14.8 Å². The Morgan fingerprint density at radius 2 is 1.75 bits per heavy atom. The van der Waals surface area contributed by atoms with Gasteiger partial charge < -0.3 is 15.0 Å². The number of hydrogen-bond acceptors (Lipinski definition) is 5. The number of carbonyl (C=O) groups is 2. The van der Waals surface area contributed by atoms with Crippen LogP contribution in [0.2, 0.25) is 0 Å². The van der Waals surface area contributed by atoms with E-state index >= 15 is 0 Å². The van der Waals surface area contributed by atoms with Crippen LogP contribution in [0.15, 0.2) is 24.3 Å². The third kappa shape index (κ3) is 5.12. The Morgan fingerprint density at radius 1 is 1.17 bits per heavy atom. The summed E-state index contributed by atoms with van der Waals surface area (Å²) in [7, 11) is -1.99. The second-order valence-corrected chi connectivity index (χ2v) is 7.40. The molecular weight excluding hydrogens is 334 g/mol. The first-order valence-electron chi connectivity index (χ1n) is 7.50. The molecule has 132 valence electrons. The molecule has 1 aliphatic heterocycles. The van der Waals surface area contributed by atoms with Crippen molar-refractivity contribution in [1.82, 2.24) is 10.2 Å². The molecular formula is C15H21N3O5S. The fourth-order valence-corrected chi connectivity index (χ4v) is 3.07. The molecule has 8 nitrogen and oxygen atoms in total. The van der Waals surface area contributed by atoms with Gasteiger partial charge in [-0.3, -0.25) is 9.52 Å². The number of amides is 2. The highest BCUT2D eigenvalue weighted by Crippen LogP contribution is 2.14. The van der Waals surface area contributed by atoms with Crippen LogP contribution in [0.1, 0.15) is 23.2 Å². The Hall–Kier alpha value is -2.29. The van der Waals surface area contributed by atoms with Crippen molar-refractivity contribution in [1.29, 1.82) is 0 Å². The summed E-state index contributed by atoms with van der Waals surface area (Å²) in [6, 6.07) is 6.19. The number of ether oxygens (including phenoxy) is 1. The number of carbonyl (C=O) groups excluding carboxylic acids is 2. The second-order valence-electron chi connectivity index (χ2n) is 5.66. The maximum absolute atomic E-state index is 12.2. The molecule has 0 atom stereocenters. The molecule has 1 aromatic carbocycles. The quantitative estimate of drug-likeness (QED) is 0.839. The van der Waals surface area contributed by atoms with E-state index in [9.17, 15) is 18.0 Å². The number of nitrogens with zero attached hydrogens (tertiary/aromatic N) is 1. The van der Waals surface area contributed by atoms with Gasteiger partial charge in [-0.2, -0.15) is 0 Å². The maximum atomic E-state index is 12.2. The van der Waals surface area contributed by atoms with Gasteiger partial charge in [0.05, 0.1) is 13.4 Å². The molecule has 0 unspecified atom stereocenters. The van der Waals surface area contributed by atoms with E-state index in [1.165, 1.54) is 19.2 Å². The summed E-state index contributed by atoms with van der Waals surface area (Å²) < 4.78 is 29.3. The van der Waals surface area contributed by atoms with Crippen LogP contribution in [-0.2, 0) is 14.8 Å². The zero-order chi connectivity index (χ0) is 17.7. The average molecular weight is 355 g/mol. The van der Waals surface area contributed by atoms with Crippen LogP contribution in [0, 0.1) is 0 Å². The van der Waals surface area contributed by atoms with E-state index in [1.54, 1.807) is 17.0 Å². The molecule has 2 amide bonds. The smallest absolute Gasteiger partial charge is 0.409 e. The Morgan fingerprint density at radius 3 is 2.25 bits per heavy atom. The summed E-state index contributed by atoms with van der Waals surface area (Å²) in [6.45, 7) is 1.07. The van der Waals surface area contributed by atoms with Crippen LogP contribution in [0.5, 0.6) is 0 Å². The van der Waals surface area contributed by atoms with Gasteiger partial charge in [0.2, 0.25) is 10.0 Å². The van der Waals surface area contributed by atoms with Crippen molar-refractivity contribution in [2.75, 3.05) is 31.2 Å². The number of likely N-dealkylation sites (tertiary alicyclic amines) is 1. The average Bonchev–Trinajstić information content (AvgIpc) is 2.54. The summed E-state index contributed by atoms with van der Waals surface area (Å²) in [5.41, 5.74) is 0.852. The van der Waals surface area contributed by atoms with Crippen molar-refractivity contribution in [2.45, 2.75) is 18.9 Å². The fraction of sp³-hybridized carbons (Fsp3) is 0.467. The largest absolute Gasteiger partial charge is 0.453 e. The lowest BCUT2D eigenvalue weighted by Gasteiger charge is -2.31. The molecule has 0 aliphatic carbocycles. The minimum Gasteiger partial charge on any atom is -0.453 e. The third-order valence-corrected chi connectivity index (χ3v) is 4.32. The normalized spacial score (nSPS) is 15.7. The molecule has 1 fully saturated rings. The molecule has 0 spiro atoms. The van der Waals surface area contributed by atoms with Gasteiger partial charge in [0.1, 0.15) is 0 Å². The van der Waals surface area contributed by atoms with Crippen molar-refractivity contribution in [3.8, 4) is 0 Å². The number of methoxy groups -OCH3 is 1. The van der Waals surface area contributed by atoms with Crippen LogP contribution in [0.25, 0.3) is 0 Å². The number of hydrogen-bond donors (Lipinski definition) is 2. The molecule has 0 saturated carbocycles. The number of benzene rings is 1. The van der Waals surface area contributed by atoms with E-state index in [1.807, 2.05) is 0 Å². The standard InChI is InChI=1S/C15H21N3O5S/c1-23-15(20)18-9-7-12(8-10-18)16-14(19)11-3-5-13(6-4-11)17-24(2,21)22/h3-6,12,17H,7-10H2,1-2H3,(H,16,19). The topological polar surface area (TPSA) is 105 Å². The molecule has 1 saturated heterocycles. The highest BCUT2D eigenvalue weighted by Gasteiger charge is 2.24. The van der Waals surface area contributed by atoms with Gasteiger partial charge in [-0.25, -0.2) is 13.2 Å². The summed E-state index contributed by atoms with van der Waals surface area (Å²) in [6.07, 6.45) is 2.03. The number of sulfonamides is 1. The summed E-state index contributed by atoms with van der Waals surface area (Å²) in [4.78, 5) is 25.2. The van der Waals surface area contributed by atoms with Gasteiger partial charge in [-0.05, 0) is 37.1 Å². The van der Waals surface area contributed by atoms with Crippen molar-refractivity contribution in [3.05, 3.63) is 29.8 Å². The predicted octanol–water partition coefficient (Wildman–Crippen LogP) is 1.02. The third-order valence-electron chi connectivity index (χ3n) is 3.71. The van der Waals surface area contributed by atoms with Crippen LogP contribution < -0.4 is 10.0 Å². The van der Waals surface area contributed by atoms with Gasteiger partial charge >= 0.3 is 6.09 Å². The Bertz CT molecular complexity index is 694. The number of nitrogens with one attached hydrogen (secondary N) is 2. The minimum atomic E-state index is -3.34. The first-order valence-corrected chi connectivity index (χ1v) is 9.39. The molecule has 24 heavy (non-hydrogen) atoms. The van der Waals surface area contributed by atoms with Crippen LogP contribution in [0.3, 0.4) is 0 Å². The molecule has 2 rings (SSSR count). The van der Waals surface area contributed by atoms with E-state index in [4.69, 9.17) is 0 Å². The second kappa shape index (κ2) is 7.52. The Kier molecular flexibility index (Phi) is 5.66. The van der Waals surface area contributed by atoms with Crippen LogP contribution >= 0.6 is 0 Å². The van der Waals surface area contributed by atoms with Crippen LogP contribution in [-0.4, -0.2) is 57.8 Å². The molecule has 1 aliphatic rings. The van der Waals surface area contributed by atoms with Gasteiger partial charge in [-0.15, -0.1) is 0 Å². The lowest BCUT2D eigenvalue weighted by Crippen LogP contribution is -2.46. The number of rotatable bonds is 4. The molecule has 9 heteroatoms. The monoisotopic (exact) mass is 355 g/mol. The SMILES string of the molecule is COC(=O)N1CCC(NC(=O)c2ccc(NS(C)(=O)=O)cc2)CC1. The fourth-order valence-electron chi connectivity index (χ4n) is 2.51. The lowest BCUT2D eigenvalue weighted by molar-refractivity contribution is 0.0892. The van der Waals surface area contributed by atoms with E-state index in [0.717, 1.165) is 6.26 Å². The van der Waals surface area contributed by atoms with Gasteiger partial charge in [0.25, 0.3) is 5.91 Å². The minimum absolute atomic E-state index is 0.00720. The van der Waals surface area contributed by atoms with Crippen molar-refractivity contribution < 1.29 is 22.7 Å². The Labute approximate surface area is 141 Å². The Balaban J connectivity index is 1.88. The first-order chi connectivity index (χ1) is 11.3. The van der Waals surface area contributed by atoms with E-state index in [0.29, 0.717) is 37.2 Å². The summed E-state index contributed by atoms with van der Waals surface area (Å²) >= 11 is 0. The molecule has 1 heterocycles. The van der Waals surface area contributed by atoms with Crippen LogP contribution in [0.4, 0.5) is 10.5 Å². The maximum Gasteiger partial charge on any atom is 0.409 e. The van der Waals surface area contributed by atoms with Crippen molar-refractivity contribution in [2.24, 2.45) is 0 Å². The summed E-state index contributed by atoms with van der Waals surface area (Å²) in [5.74, 6) is -0.225. The van der Waals surface area contributed by atoms with Gasteiger partial charge in [-0.1, -0.05) is 0 Å². The number of anilines is 1.